The lowest BCUT2D eigenvalue weighted by Gasteiger charge is -2.22. The van der Waals surface area contributed by atoms with Gasteiger partial charge < -0.3 is 16.2 Å². The van der Waals surface area contributed by atoms with E-state index in [9.17, 15) is 9.59 Å². The molecular weight excluding hydrogens is 184 g/mol. The predicted octanol–water partition coefficient (Wildman–Crippen LogP) is 0.567. The van der Waals surface area contributed by atoms with Crippen LogP contribution in [0.15, 0.2) is 0 Å². The summed E-state index contributed by atoms with van der Waals surface area (Å²) in [5.41, 5.74) is 4.84. The molecule has 0 spiro atoms. The lowest BCUT2D eigenvalue weighted by Crippen LogP contribution is -2.40. The van der Waals surface area contributed by atoms with Gasteiger partial charge in [0.15, 0.2) is 5.78 Å². The highest BCUT2D eigenvalue weighted by Crippen LogP contribution is 2.14. The maximum atomic E-state index is 11.2. The Morgan fingerprint density at radius 1 is 1.50 bits per heavy atom. The van der Waals surface area contributed by atoms with E-state index < -0.39 is 11.5 Å². The van der Waals surface area contributed by atoms with Crippen molar-refractivity contribution >= 4 is 17.5 Å². The molecule has 0 saturated carbocycles. The van der Waals surface area contributed by atoms with Crippen LogP contribution < -0.4 is 5.73 Å². The monoisotopic (exact) mass is 200 g/mol. The molecule has 5 heteroatoms. The molecule has 0 bridgehead atoms. The maximum absolute atomic E-state index is 11.2. The van der Waals surface area contributed by atoms with Crippen molar-refractivity contribution in [3.8, 4) is 0 Å². The van der Waals surface area contributed by atoms with E-state index in [2.05, 4.69) is 0 Å². The fourth-order valence-electron chi connectivity index (χ4n) is 0.980. The number of carboxylic acids is 1. The van der Waals surface area contributed by atoms with Gasteiger partial charge in [0, 0.05) is 18.4 Å². The number of carboxylic acid groups (broad SMARTS) is 1. The Hall–Kier alpha value is -1.23. The second-order valence-corrected chi connectivity index (χ2v) is 3.77. The van der Waals surface area contributed by atoms with Crippen molar-refractivity contribution in [1.82, 2.24) is 0 Å². The van der Waals surface area contributed by atoms with Gasteiger partial charge in [-0.3, -0.25) is 9.59 Å². The van der Waals surface area contributed by atoms with Crippen LogP contribution in [-0.4, -0.2) is 28.1 Å². The molecule has 0 aliphatic heterocycles. The molecule has 4 N–H and O–H groups in total. The number of carbonyl (C=O) groups excluding carboxylic acids is 1. The van der Waals surface area contributed by atoms with Crippen molar-refractivity contribution in [3.05, 3.63) is 0 Å². The minimum Gasteiger partial charge on any atom is -0.481 e. The number of Topliss-reactive ketones (excluding diaryl/α,β-unsaturated/α-hetero) is 1. The summed E-state index contributed by atoms with van der Waals surface area (Å²) in [5.74, 6) is -1.26. The minimum atomic E-state index is -0.930. The average molecular weight is 200 g/mol. The molecule has 0 amide bonds. The summed E-state index contributed by atoms with van der Waals surface area (Å²) in [6.07, 6.45) is 0.203. The number of rotatable bonds is 6. The first kappa shape index (κ1) is 12.8. The highest BCUT2D eigenvalue weighted by Gasteiger charge is 2.24. The van der Waals surface area contributed by atoms with Crippen molar-refractivity contribution in [2.75, 3.05) is 0 Å². The van der Waals surface area contributed by atoms with Crippen LogP contribution in [0.3, 0.4) is 0 Å². The van der Waals surface area contributed by atoms with E-state index in [0.29, 0.717) is 0 Å². The summed E-state index contributed by atoms with van der Waals surface area (Å²) < 4.78 is 0. The second kappa shape index (κ2) is 4.85. The highest BCUT2D eigenvalue weighted by molar-refractivity contribution is 6.37. The van der Waals surface area contributed by atoms with Crippen molar-refractivity contribution in [3.63, 3.8) is 0 Å². The van der Waals surface area contributed by atoms with Gasteiger partial charge >= 0.3 is 5.97 Å². The summed E-state index contributed by atoms with van der Waals surface area (Å²) in [5, 5.41) is 15.5. The van der Waals surface area contributed by atoms with Crippen molar-refractivity contribution in [1.29, 1.82) is 5.41 Å². The third-order valence-electron chi connectivity index (χ3n) is 1.89. The number of carbonyl (C=O) groups is 2. The van der Waals surface area contributed by atoms with E-state index in [-0.39, 0.29) is 30.8 Å². The van der Waals surface area contributed by atoms with E-state index >= 15 is 0 Å². The van der Waals surface area contributed by atoms with Crippen LogP contribution in [0.5, 0.6) is 0 Å². The van der Waals surface area contributed by atoms with Crippen LogP contribution in [0, 0.1) is 5.41 Å². The van der Waals surface area contributed by atoms with Crippen molar-refractivity contribution in [2.24, 2.45) is 5.73 Å². The normalized spacial score (nSPS) is 14.5. The summed E-state index contributed by atoms with van der Waals surface area (Å²) in [7, 11) is 0. The largest absolute Gasteiger partial charge is 0.481 e. The molecule has 80 valence electrons. The molecule has 0 aromatic carbocycles. The molecule has 0 aliphatic rings. The summed E-state index contributed by atoms with van der Waals surface area (Å²) >= 11 is 0. The number of nitrogens with one attached hydrogen (secondary N) is 1. The van der Waals surface area contributed by atoms with E-state index in [1.54, 1.807) is 6.92 Å². The maximum Gasteiger partial charge on any atom is 0.303 e. The predicted molar refractivity (Wildman–Crippen MR) is 52.5 cm³/mol. The fraction of sp³-hybridized carbons (Fsp3) is 0.667. The topological polar surface area (TPSA) is 104 Å². The van der Waals surface area contributed by atoms with Crippen LogP contribution in [0.1, 0.15) is 33.1 Å². The molecule has 0 rings (SSSR count). The molecule has 0 aromatic heterocycles. The molecule has 1 unspecified atom stereocenters. The standard InChI is InChI=1S/C9H16N2O3/c1-6(10)7(12)5-9(2,11)4-3-8(13)14/h10H,3-5,11H2,1-2H3,(H,13,14). The van der Waals surface area contributed by atoms with Crippen molar-refractivity contribution in [2.45, 2.75) is 38.6 Å². The van der Waals surface area contributed by atoms with Gasteiger partial charge in [-0.05, 0) is 20.3 Å². The van der Waals surface area contributed by atoms with Gasteiger partial charge in [-0.1, -0.05) is 0 Å². The molecule has 0 fully saturated rings. The van der Waals surface area contributed by atoms with E-state index in [0.717, 1.165) is 0 Å². The Bertz CT molecular complexity index is 259. The SMILES string of the molecule is CC(=N)C(=O)CC(C)(N)CCC(=O)O. The Balaban J connectivity index is 4.13. The van der Waals surface area contributed by atoms with Gasteiger partial charge in [-0.2, -0.15) is 0 Å². The summed E-state index contributed by atoms with van der Waals surface area (Å²) in [6, 6.07) is 0. The average Bonchev–Trinajstić information content (AvgIpc) is 2.00. The van der Waals surface area contributed by atoms with Gasteiger partial charge in [-0.15, -0.1) is 0 Å². The van der Waals surface area contributed by atoms with Gasteiger partial charge in [0.1, 0.15) is 0 Å². The second-order valence-electron chi connectivity index (χ2n) is 3.77. The Morgan fingerprint density at radius 2 is 2.00 bits per heavy atom. The molecule has 0 heterocycles. The number of hydrogen-bond acceptors (Lipinski definition) is 4. The molecule has 0 aliphatic carbocycles. The first-order valence-electron chi connectivity index (χ1n) is 4.33. The zero-order chi connectivity index (χ0) is 11.4. The number of ketones is 1. The molecule has 5 nitrogen and oxygen atoms in total. The zero-order valence-electron chi connectivity index (χ0n) is 8.46. The third-order valence-corrected chi connectivity index (χ3v) is 1.89. The van der Waals surface area contributed by atoms with Crippen LogP contribution in [-0.2, 0) is 9.59 Å². The van der Waals surface area contributed by atoms with E-state index in [4.69, 9.17) is 16.2 Å². The molecule has 1 atom stereocenters. The molecular formula is C9H16N2O3. The zero-order valence-corrected chi connectivity index (χ0v) is 8.46. The quantitative estimate of drug-likeness (QED) is 0.545. The highest BCUT2D eigenvalue weighted by atomic mass is 16.4. The smallest absolute Gasteiger partial charge is 0.303 e. The Labute approximate surface area is 82.8 Å². The number of aliphatic carboxylic acids is 1. The summed E-state index contributed by atoms with van der Waals surface area (Å²) in [6.45, 7) is 3.02. The van der Waals surface area contributed by atoms with E-state index in [1.807, 2.05) is 0 Å². The van der Waals surface area contributed by atoms with Crippen LogP contribution in [0.2, 0.25) is 0 Å². The lowest BCUT2D eigenvalue weighted by atomic mass is 9.90. The van der Waals surface area contributed by atoms with Gasteiger partial charge in [0.25, 0.3) is 0 Å². The third kappa shape index (κ3) is 5.42. The number of hydrogen-bond donors (Lipinski definition) is 3. The Morgan fingerprint density at radius 3 is 2.36 bits per heavy atom. The van der Waals surface area contributed by atoms with Crippen LogP contribution in [0.4, 0.5) is 0 Å². The number of nitrogens with two attached hydrogens (primary N) is 1. The molecule has 0 aromatic rings. The van der Waals surface area contributed by atoms with Gasteiger partial charge in [0.2, 0.25) is 0 Å². The van der Waals surface area contributed by atoms with Crippen LogP contribution in [0.25, 0.3) is 0 Å². The first-order valence-corrected chi connectivity index (χ1v) is 4.33. The van der Waals surface area contributed by atoms with Gasteiger partial charge in [-0.25, -0.2) is 0 Å². The van der Waals surface area contributed by atoms with Gasteiger partial charge in [0.05, 0.1) is 5.71 Å². The minimum absolute atomic E-state index is 0.0234. The first-order chi connectivity index (χ1) is 6.24. The molecule has 14 heavy (non-hydrogen) atoms. The van der Waals surface area contributed by atoms with Crippen LogP contribution >= 0.6 is 0 Å². The molecule has 0 radical (unpaired) electrons. The Kier molecular flexibility index (Phi) is 4.43. The van der Waals surface area contributed by atoms with Crippen molar-refractivity contribution < 1.29 is 14.7 Å². The molecule has 0 saturated heterocycles. The summed E-state index contributed by atoms with van der Waals surface area (Å²) in [4.78, 5) is 21.4. The lowest BCUT2D eigenvalue weighted by molar-refractivity contribution is -0.137. The fourth-order valence-corrected chi connectivity index (χ4v) is 0.980. The van der Waals surface area contributed by atoms with E-state index in [1.165, 1.54) is 6.92 Å².